The Labute approximate surface area is 158 Å². The van der Waals surface area contributed by atoms with Crippen LogP contribution in [0, 0.1) is 0 Å². The highest BCUT2D eigenvalue weighted by atomic mass is 16.5. The van der Waals surface area contributed by atoms with Gasteiger partial charge in [-0.15, -0.1) is 10.2 Å². The first-order chi connectivity index (χ1) is 13.3. The number of aromatic nitrogens is 2. The molecule has 0 saturated carbocycles. The molecule has 27 heavy (non-hydrogen) atoms. The lowest BCUT2D eigenvalue weighted by Gasteiger charge is -2.26. The van der Waals surface area contributed by atoms with E-state index in [1.54, 1.807) is 18.2 Å². The molecule has 2 aromatic rings. The standard InChI is InChI=1S/C19H25N5O3/c1-2-27-17-6-4-3-5-15(17)21-19(25)16-7-8-18(23-22-16)20-9-10-24-11-13-26-14-12-24/h3-8H,2,9-14H2,1H3,(H,20,23)(H,21,25). The summed E-state index contributed by atoms with van der Waals surface area (Å²) in [5, 5.41) is 14.1. The molecule has 8 nitrogen and oxygen atoms in total. The van der Waals surface area contributed by atoms with Gasteiger partial charge in [-0.05, 0) is 31.2 Å². The van der Waals surface area contributed by atoms with E-state index < -0.39 is 0 Å². The molecule has 0 radical (unpaired) electrons. The van der Waals surface area contributed by atoms with Gasteiger partial charge in [-0.3, -0.25) is 9.69 Å². The van der Waals surface area contributed by atoms with Crippen molar-refractivity contribution >= 4 is 17.4 Å². The van der Waals surface area contributed by atoms with Crippen LogP contribution >= 0.6 is 0 Å². The Hall–Kier alpha value is -2.71. The molecule has 1 fully saturated rings. The largest absolute Gasteiger partial charge is 0.492 e. The maximum Gasteiger partial charge on any atom is 0.276 e. The zero-order valence-electron chi connectivity index (χ0n) is 15.5. The van der Waals surface area contributed by atoms with Crippen LogP contribution < -0.4 is 15.4 Å². The number of anilines is 2. The summed E-state index contributed by atoms with van der Waals surface area (Å²) in [6.45, 7) is 7.59. The van der Waals surface area contributed by atoms with E-state index in [1.165, 1.54) is 0 Å². The Balaban J connectivity index is 1.51. The average molecular weight is 371 g/mol. The molecule has 8 heteroatoms. The first kappa shape index (κ1) is 19.1. The van der Waals surface area contributed by atoms with Crippen molar-refractivity contribution in [2.45, 2.75) is 6.92 Å². The third-order valence-corrected chi connectivity index (χ3v) is 4.17. The molecule has 2 heterocycles. The number of ether oxygens (including phenoxy) is 2. The van der Waals surface area contributed by atoms with Crippen LogP contribution in [0.5, 0.6) is 5.75 Å². The number of rotatable bonds is 8. The fourth-order valence-corrected chi connectivity index (χ4v) is 2.75. The normalized spacial score (nSPS) is 14.6. The van der Waals surface area contributed by atoms with Crippen LogP contribution in [0.15, 0.2) is 36.4 Å². The molecule has 0 spiro atoms. The van der Waals surface area contributed by atoms with Crippen molar-refractivity contribution in [3.05, 3.63) is 42.1 Å². The second kappa shape index (κ2) is 9.84. The maximum atomic E-state index is 12.4. The summed E-state index contributed by atoms with van der Waals surface area (Å²) in [5.74, 6) is 0.951. The van der Waals surface area contributed by atoms with Crippen LogP contribution in [0.4, 0.5) is 11.5 Å². The Bertz CT molecular complexity index is 732. The molecule has 1 saturated heterocycles. The smallest absolute Gasteiger partial charge is 0.276 e. The zero-order chi connectivity index (χ0) is 18.9. The minimum Gasteiger partial charge on any atom is -0.492 e. The number of hydrogen-bond acceptors (Lipinski definition) is 7. The van der Waals surface area contributed by atoms with Crippen molar-refractivity contribution in [3.63, 3.8) is 0 Å². The third kappa shape index (κ3) is 5.63. The Morgan fingerprint density at radius 2 is 2.00 bits per heavy atom. The summed E-state index contributed by atoms with van der Waals surface area (Å²) in [5.41, 5.74) is 0.860. The minimum absolute atomic E-state index is 0.250. The molecule has 0 bridgehead atoms. The van der Waals surface area contributed by atoms with Gasteiger partial charge in [-0.1, -0.05) is 12.1 Å². The van der Waals surface area contributed by atoms with E-state index in [-0.39, 0.29) is 11.6 Å². The Morgan fingerprint density at radius 3 is 2.74 bits per heavy atom. The summed E-state index contributed by atoms with van der Waals surface area (Å²) in [6, 6.07) is 10.7. The number of nitrogens with one attached hydrogen (secondary N) is 2. The quantitative estimate of drug-likeness (QED) is 0.732. The summed E-state index contributed by atoms with van der Waals surface area (Å²) in [7, 11) is 0. The average Bonchev–Trinajstić information content (AvgIpc) is 2.71. The highest BCUT2D eigenvalue weighted by Crippen LogP contribution is 2.24. The number of morpholine rings is 1. The van der Waals surface area contributed by atoms with Crippen molar-refractivity contribution in [2.24, 2.45) is 0 Å². The van der Waals surface area contributed by atoms with Gasteiger partial charge in [-0.25, -0.2) is 0 Å². The van der Waals surface area contributed by atoms with Gasteiger partial charge >= 0.3 is 0 Å². The van der Waals surface area contributed by atoms with Gasteiger partial charge in [0, 0.05) is 26.2 Å². The summed E-state index contributed by atoms with van der Waals surface area (Å²) < 4.78 is 10.8. The lowest BCUT2D eigenvalue weighted by molar-refractivity contribution is 0.0398. The van der Waals surface area contributed by atoms with Crippen LogP contribution in [0.2, 0.25) is 0 Å². The number of benzene rings is 1. The van der Waals surface area contributed by atoms with E-state index >= 15 is 0 Å². The molecule has 3 rings (SSSR count). The number of carbonyl (C=O) groups excluding carboxylic acids is 1. The molecule has 1 aliphatic rings. The van der Waals surface area contributed by atoms with Crippen molar-refractivity contribution < 1.29 is 14.3 Å². The molecular weight excluding hydrogens is 346 g/mol. The SMILES string of the molecule is CCOc1ccccc1NC(=O)c1ccc(NCCN2CCOCC2)nn1. The molecule has 144 valence electrons. The molecule has 1 amide bonds. The topological polar surface area (TPSA) is 88.6 Å². The summed E-state index contributed by atoms with van der Waals surface area (Å²) in [6.07, 6.45) is 0. The molecule has 1 aromatic heterocycles. The lowest BCUT2D eigenvalue weighted by atomic mass is 10.2. The van der Waals surface area contributed by atoms with Gasteiger partial charge in [-0.2, -0.15) is 0 Å². The van der Waals surface area contributed by atoms with Gasteiger partial charge in [0.2, 0.25) is 0 Å². The van der Waals surface area contributed by atoms with Crippen LogP contribution in [-0.4, -0.2) is 67.0 Å². The van der Waals surface area contributed by atoms with Crippen LogP contribution in [-0.2, 0) is 4.74 Å². The highest BCUT2D eigenvalue weighted by molar-refractivity contribution is 6.03. The van der Waals surface area contributed by atoms with E-state index in [0.29, 0.717) is 23.9 Å². The number of para-hydroxylation sites is 2. The second-order valence-corrected chi connectivity index (χ2v) is 6.07. The molecule has 0 aliphatic carbocycles. The van der Waals surface area contributed by atoms with Gasteiger partial charge < -0.3 is 20.1 Å². The van der Waals surface area contributed by atoms with Gasteiger partial charge in [0.15, 0.2) is 5.69 Å². The van der Waals surface area contributed by atoms with E-state index in [2.05, 4.69) is 25.7 Å². The minimum atomic E-state index is -0.325. The zero-order valence-corrected chi connectivity index (χ0v) is 15.5. The van der Waals surface area contributed by atoms with Gasteiger partial charge in [0.25, 0.3) is 5.91 Å². The van der Waals surface area contributed by atoms with Crippen molar-refractivity contribution in [1.82, 2.24) is 15.1 Å². The number of amides is 1. The fraction of sp³-hybridized carbons (Fsp3) is 0.421. The first-order valence-corrected chi connectivity index (χ1v) is 9.17. The summed E-state index contributed by atoms with van der Waals surface area (Å²) >= 11 is 0. The molecule has 0 atom stereocenters. The molecular formula is C19H25N5O3. The molecule has 2 N–H and O–H groups in total. The molecule has 1 aliphatic heterocycles. The van der Waals surface area contributed by atoms with Crippen molar-refractivity contribution in [2.75, 3.05) is 56.6 Å². The predicted octanol–water partition coefficient (Wildman–Crippen LogP) is 1.87. The van der Waals surface area contributed by atoms with Gasteiger partial charge in [0.1, 0.15) is 11.6 Å². The van der Waals surface area contributed by atoms with Crippen molar-refractivity contribution in [3.8, 4) is 5.75 Å². The Kier molecular flexibility index (Phi) is 6.95. The lowest BCUT2D eigenvalue weighted by Crippen LogP contribution is -2.39. The van der Waals surface area contributed by atoms with E-state index in [0.717, 1.165) is 39.4 Å². The van der Waals surface area contributed by atoms with Crippen LogP contribution in [0.3, 0.4) is 0 Å². The highest BCUT2D eigenvalue weighted by Gasteiger charge is 2.12. The predicted molar refractivity (Wildman–Crippen MR) is 103 cm³/mol. The number of hydrogen-bond donors (Lipinski definition) is 2. The third-order valence-electron chi connectivity index (χ3n) is 4.17. The van der Waals surface area contributed by atoms with Gasteiger partial charge in [0.05, 0.1) is 25.5 Å². The van der Waals surface area contributed by atoms with Crippen LogP contribution in [0.1, 0.15) is 17.4 Å². The van der Waals surface area contributed by atoms with E-state index in [4.69, 9.17) is 9.47 Å². The fourth-order valence-electron chi connectivity index (χ4n) is 2.75. The van der Waals surface area contributed by atoms with Crippen molar-refractivity contribution in [1.29, 1.82) is 0 Å². The number of carbonyl (C=O) groups is 1. The number of nitrogens with zero attached hydrogens (tertiary/aromatic N) is 3. The summed E-state index contributed by atoms with van der Waals surface area (Å²) in [4.78, 5) is 14.7. The first-order valence-electron chi connectivity index (χ1n) is 9.17. The molecule has 1 aromatic carbocycles. The maximum absolute atomic E-state index is 12.4. The molecule has 0 unspecified atom stereocenters. The Morgan fingerprint density at radius 1 is 1.19 bits per heavy atom. The van der Waals surface area contributed by atoms with E-state index in [9.17, 15) is 4.79 Å². The van der Waals surface area contributed by atoms with E-state index in [1.807, 2.05) is 25.1 Å². The second-order valence-electron chi connectivity index (χ2n) is 6.07. The monoisotopic (exact) mass is 371 g/mol. The van der Waals surface area contributed by atoms with Crippen LogP contribution in [0.25, 0.3) is 0 Å².